The first-order chi connectivity index (χ1) is 4.74. The van der Waals surface area contributed by atoms with Crippen molar-refractivity contribution >= 4 is 37.5 Å². The number of anilines is 1. The molecule has 0 saturated heterocycles. The summed E-state index contributed by atoms with van der Waals surface area (Å²) in [6.45, 7) is 0. The summed E-state index contributed by atoms with van der Waals surface area (Å²) < 4.78 is 1.96. The van der Waals surface area contributed by atoms with Crippen LogP contribution in [-0.4, -0.2) is 0 Å². The zero-order valence-electron chi connectivity index (χ0n) is 5.07. The third-order valence-electron chi connectivity index (χ3n) is 1.08. The van der Waals surface area contributed by atoms with Gasteiger partial charge in [-0.2, -0.15) is 0 Å². The van der Waals surface area contributed by atoms with Crippen molar-refractivity contribution in [1.82, 2.24) is 0 Å². The van der Waals surface area contributed by atoms with Crippen LogP contribution in [0.25, 0.3) is 0 Å². The zero-order chi connectivity index (χ0) is 7.56. The van der Waals surface area contributed by atoms with Crippen molar-refractivity contribution in [2.75, 3.05) is 5.43 Å². The molecule has 2 nitrogen and oxygen atoms in total. The molecule has 0 heterocycles. The fourth-order valence-electron chi connectivity index (χ4n) is 0.608. The summed E-state index contributed by atoms with van der Waals surface area (Å²) in [4.78, 5) is 0. The van der Waals surface area contributed by atoms with E-state index in [2.05, 4.69) is 37.3 Å². The number of nitrogen functional groups attached to an aromatic ring is 1. The Labute approximate surface area is 76.0 Å². The van der Waals surface area contributed by atoms with E-state index in [-0.39, 0.29) is 0 Å². The Morgan fingerprint density at radius 1 is 1.30 bits per heavy atom. The lowest BCUT2D eigenvalue weighted by molar-refractivity contribution is 1.34. The van der Waals surface area contributed by atoms with Crippen molar-refractivity contribution in [3.8, 4) is 0 Å². The van der Waals surface area contributed by atoms with Crippen molar-refractivity contribution < 1.29 is 0 Å². The van der Waals surface area contributed by atoms with Gasteiger partial charge in [-0.1, -0.05) is 15.9 Å². The van der Waals surface area contributed by atoms with E-state index in [0.29, 0.717) is 0 Å². The second kappa shape index (κ2) is 3.37. The summed E-state index contributed by atoms with van der Waals surface area (Å²) >= 11 is 6.65. The van der Waals surface area contributed by atoms with Gasteiger partial charge in [0.15, 0.2) is 0 Å². The van der Waals surface area contributed by atoms with Crippen LogP contribution in [0.2, 0.25) is 0 Å². The van der Waals surface area contributed by atoms with Crippen LogP contribution in [0.5, 0.6) is 0 Å². The van der Waals surface area contributed by atoms with Crippen LogP contribution >= 0.6 is 31.9 Å². The lowest BCUT2D eigenvalue weighted by Gasteiger charge is -2.01. The fourth-order valence-corrected chi connectivity index (χ4v) is 1.33. The Morgan fingerprint density at radius 3 is 2.50 bits per heavy atom. The van der Waals surface area contributed by atoms with E-state index in [4.69, 9.17) is 5.84 Å². The van der Waals surface area contributed by atoms with Gasteiger partial charge in [-0.05, 0) is 34.1 Å². The molecule has 10 heavy (non-hydrogen) atoms. The van der Waals surface area contributed by atoms with Gasteiger partial charge in [-0.25, -0.2) is 0 Å². The zero-order valence-corrected chi connectivity index (χ0v) is 8.24. The maximum Gasteiger partial charge on any atom is 0.0638 e. The fraction of sp³-hybridized carbons (Fsp3) is 0. The highest BCUT2D eigenvalue weighted by atomic mass is 79.9. The summed E-state index contributed by atoms with van der Waals surface area (Å²) in [7, 11) is 0. The summed E-state index contributed by atoms with van der Waals surface area (Å²) in [6.07, 6.45) is 0. The molecule has 0 saturated carbocycles. The predicted molar refractivity (Wildman–Crippen MR) is 49.7 cm³/mol. The highest BCUT2D eigenvalue weighted by Gasteiger charge is 1.96. The lowest BCUT2D eigenvalue weighted by atomic mass is 10.3. The largest absolute Gasteiger partial charge is 0.323 e. The monoisotopic (exact) mass is 264 g/mol. The van der Waals surface area contributed by atoms with Crippen LogP contribution in [0.3, 0.4) is 0 Å². The van der Waals surface area contributed by atoms with Crippen molar-refractivity contribution in [1.29, 1.82) is 0 Å². The number of benzene rings is 1. The number of hydrogen-bond donors (Lipinski definition) is 2. The third-order valence-corrected chi connectivity index (χ3v) is 2.27. The van der Waals surface area contributed by atoms with Gasteiger partial charge in [0, 0.05) is 8.95 Å². The molecule has 0 atom stereocenters. The molecule has 0 aliphatic rings. The summed E-state index contributed by atoms with van der Waals surface area (Å²) in [6, 6.07) is 5.74. The molecular formula is C6H6Br2N2. The van der Waals surface area contributed by atoms with E-state index in [9.17, 15) is 0 Å². The second-order valence-corrected chi connectivity index (χ2v) is 3.54. The van der Waals surface area contributed by atoms with Gasteiger partial charge < -0.3 is 5.43 Å². The number of hydrazine groups is 1. The minimum atomic E-state index is 0.870. The van der Waals surface area contributed by atoms with E-state index in [1.807, 2.05) is 18.2 Å². The Bertz CT molecular complexity index is 237. The number of hydrogen-bond acceptors (Lipinski definition) is 2. The number of nitrogens with two attached hydrogens (primary N) is 1. The van der Waals surface area contributed by atoms with Crippen molar-refractivity contribution in [3.05, 3.63) is 27.1 Å². The van der Waals surface area contributed by atoms with Crippen molar-refractivity contribution in [2.45, 2.75) is 0 Å². The number of rotatable bonds is 1. The van der Waals surface area contributed by atoms with Crippen molar-refractivity contribution in [3.63, 3.8) is 0 Å². The Kier molecular flexibility index (Phi) is 2.71. The first kappa shape index (κ1) is 8.04. The average molecular weight is 266 g/mol. The Morgan fingerprint density at radius 2 is 2.00 bits per heavy atom. The highest BCUT2D eigenvalue weighted by Crippen LogP contribution is 2.24. The molecule has 1 aromatic rings. The maximum absolute atomic E-state index is 5.22. The van der Waals surface area contributed by atoms with Crippen LogP contribution in [0.1, 0.15) is 0 Å². The Hall–Kier alpha value is -0.0600. The van der Waals surface area contributed by atoms with Crippen LogP contribution in [-0.2, 0) is 0 Å². The van der Waals surface area contributed by atoms with E-state index in [0.717, 1.165) is 14.6 Å². The van der Waals surface area contributed by atoms with E-state index in [1.165, 1.54) is 0 Å². The van der Waals surface area contributed by atoms with Gasteiger partial charge in [-0.3, -0.25) is 5.84 Å². The molecule has 0 unspecified atom stereocenters. The molecule has 0 spiro atoms. The smallest absolute Gasteiger partial charge is 0.0638 e. The van der Waals surface area contributed by atoms with E-state index >= 15 is 0 Å². The topological polar surface area (TPSA) is 38.0 Å². The third kappa shape index (κ3) is 1.71. The molecule has 4 heteroatoms. The molecule has 0 radical (unpaired) electrons. The van der Waals surface area contributed by atoms with Crippen LogP contribution in [0.15, 0.2) is 27.1 Å². The lowest BCUT2D eigenvalue weighted by Crippen LogP contribution is -2.06. The first-order valence-electron chi connectivity index (χ1n) is 2.65. The van der Waals surface area contributed by atoms with Gasteiger partial charge in [0.1, 0.15) is 0 Å². The maximum atomic E-state index is 5.22. The van der Waals surface area contributed by atoms with Crippen LogP contribution in [0, 0.1) is 0 Å². The summed E-state index contributed by atoms with van der Waals surface area (Å²) in [5, 5.41) is 0. The molecule has 0 aliphatic carbocycles. The molecular weight excluding hydrogens is 260 g/mol. The molecule has 0 aliphatic heterocycles. The van der Waals surface area contributed by atoms with Crippen LogP contribution in [0.4, 0.5) is 5.69 Å². The van der Waals surface area contributed by atoms with E-state index < -0.39 is 0 Å². The van der Waals surface area contributed by atoms with Gasteiger partial charge in [-0.15, -0.1) is 0 Å². The highest BCUT2D eigenvalue weighted by molar-refractivity contribution is 9.11. The van der Waals surface area contributed by atoms with Gasteiger partial charge in [0.2, 0.25) is 0 Å². The summed E-state index contributed by atoms with van der Waals surface area (Å²) in [5.41, 5.74) is 3.43. The quantitative estimate of drug-likeness (QED) is 0.605. The molecule has 0 amide bonds. The van der Waals surface area contributed by atoms with Crippen molar-refractivity contribution in [2.24, 2.45) is 5.84 Å². The minimum absolute atomic E-state index is 0.870. The average Bonchev–Trinajstić information content (AvgIpc) is 1.94. The van der Waals surface area contributed by atoms with Gasteiger partial charge in [0.05, 0.1) is 5.69 Å². The first-order valence-corrected chi connectivity index (χ1v) is 4.24. The molecule has 54 valence electrons. The van der Waals surface area contributed by atoms with Crippen LogP contribution < -0.4 is 11.3 Å². The second-order valence-electron chi connectivity index (χ2n) is 1.77. The molecule has 1 aromatic carbocycles. The van der Waals surface area contributed by atoms with E-state index in [1.54, 1.807) is 0 Å². The minimum Gasteiger partial charge on any atom is -0.323 e. The SMILES string of the molecule is NNc1cc(Br)ccc1Br. The molecule has 0 aromatic heterocycles. The van der Waals surface area contributed by atoms with Gasteiger partial charge >= 0.3 is 0 Å². The molecule has 3 N–H and O–H groups in total. The number of halogens is 2. The molecule has 0 fully saturated rings. The molecule has 0 bridgehead atoms. The normalized spacial score (nSPS) is 9.50. The standard InChI is InChI=1S/C6H6Br2N2/c7-4-1-2-5(8)6(3-4)10-9/h1-3,10H,9H2. The van der Waals surface area contributed by atoms with Gasteiger partial charge in [0.25, 0.3) is 0 Å². The predicted octanol–water partition coefficient (Wildman–Crippen LogP) is 2.50. The summed E-state index contributed by atoms with van der Waals surface area (Å²) in [5.74, 6) is 5.22. The Balaban J connectivity index is 3.09. The molecule has 1 rings (SSSR count). The number of nitrogens with one attached hydrogen (secondary N) is 1.